The molecule has 0 radical (unpaired) electrons. The van der Waals surface area contributed by atoms with Crippen molar-refractivity contribution in [1.29, 1.82) is 0 Å². The molecule has 1 unspecified atom stereocenters. The highest BCUT2D eigenvalue weighted by Gasteiger charge is 2.36. The first-order valence-electron chi connectivity index (χ1n) is 7.91. The third kappa shape index (κ3) is 3.38. The molecule has 0 fully saturated rings. The van der Waals surface area contributed by atoms with Crippen molar-refractivity contribution in [2.24, 2.45) is 5.73 Å². The highest BCUT2D eigenvalue weighted by Crippen LogP contribution is 2.38. The topological polar surface area (TPSA) is 119 Å². The molecule has 27 heavy (non-hydrogen) atoms. The van der Waals surface area contributed by atoms with E-state index in [0.717, 1.165) is 11.6 Å². The lowest BCUT2D eigenvalue weighted by atomic mass is 10.1. The molecule has 0 spiro atoms. The van der Waals surface area contributed by atoms with E-state index in [1.807, 2.05) is 6.07 Å². The van der Waals surface area contributed by atoms with Crippen molar-refractivity contribution in [3.63, 3.8) is 0 Å². The Morgan fingerprint density at radius 3 is 2.74 bits per heavy atom. The summed E-state index contributed by atoms with van der Waals surface area (Å²) in [5.41, 5.74) is 5.95. The summed E-state index contributed by atoms with van der Waals surface area (Å²) in [5, 5.41) is 21.3. The summed E-state index contributed by atoms with van der Waals surface area (Å²) >= 11 is 0. The number of nitrogens with zero attached hydrogens (tertiary/aromatic N) is 2. The zero-order valence-electron chi connectivity index (χ0n) is 13.8. The maximum atomic E-state index is 13.1. The summed E-state index contributed by atoms with van der Waals surface area (Å²) in [4.78, 5) is 24.9. The minimum absolute atomic E-state index is 0.118. The van der Waals surface area contributed by atoms with E-state index in [4.69, 9.17) is 5.73 Å². The molecule has 1 atom stereocenters. The zero-order chi connectivity index (χ0) is 19.7. The van der Waals surface area contributed by atoms with Gasteiger partial charge in [-0.05, 0) is 18.1 Å². The number of amides is 1. The molecular weight excluding hydrogens is 364 g/mol. The van der Waals surface area contributed by atoms with Crippen LogP contribution in [-0.2, 0) is 6.42 Å². The largest absolute Gasteiger partial charge is 0.504 e. The SMILES string of the molecule is NCC1Cc2ccccc2N1C(=O)c1cc(O)c(OC(F)F)cc1[N+](=O)[O-]. The van der Waals surface area contributed by atoms with E-state index in [0.29, 0.717) is 18.2 Å². The third-order valence-electron chi connectivity index (χ3n) is 4.28. The second-order valence-corrected chi connectivity index (χ2v) is 5.87. The molecule has 0 saturated heterocycles. The van der Waals surface area contributed by atoms with Gasteiger partial charge in [-0.2, -0.15) is 8.78 Å². The van der Waals surface area contributed by atoms with Crippen LogP contribution in [-0.4, -0.2) is 35.1 Å². The van der Waals surface area contributed by atoms with E-state index in [1.54, 1.807) is 18.2 Å². The van der Waals surface area contributed by atoms with E-state index in [9.17, 15) is 28.8 Å². The first-order valence-corrected chi connectivity index (χ1v) is 7.91. The van der Waals surface area contributed by atoms with E-state index >= 15 is 0 Å². The van der Waals surface area contributed by atoms with Crippen molar-refractivity contribution in [2.75, 3.05) is 11.4 Å². The number of nitrogens with two attached hydrogens (primary N) is 1. The van der Waals surface area contributed by atoms with Gasteiger partial charge in [0.1, 0.15) is 5.56 Å². The van der Waals surface area contributed by atoms with E-state index in [2.05, 4.69) is 4.74 Å². The van der Waals surface area contributed by atoms with Crippen molar-refractivity contribution in [3.05, 3.63) is 57.6 Å². The van der Waals surface area contributed by atoms with Gasteiger partial charge >= 0.3 is 6.61 Å². The Hall–Kier alpha value is -3.27. The van der Waals surface area contributed by atoms with Crippen molar-refractivity contribution >= 4 is 17.3 Å². The van der Waals surface area contributed by atoms with Gasteiger partial charge in [0.15, 0.2) is 11.5 Å². The summed E-state index contributed by atoms with van der Waals surface area (Å²) in [6, 6.07) is 7.95. The lowest BCUT2D eigenvalue weighted by Crippen LogP contribution is -2.42. The Kier molecular flexibility index (Phi) is 4.91. The molecule has 1 aliphatic rings. The van der Waals surface area contributed by atoms with Gasteiger partial charge in [0.05, 0.1) is 17.0 Å². The van der Waals surface area contributed by atoms with Crippen LogP contribution in [0.15, 0.2) is 36.4 Å². The van der Waals surface area contributed by atoms with Crippen molar-refractivity contribution in [2.45, 2.75) is 19.1 Å². The van der Waals surface area contributed by atoms with Crippen LogP contribution in [0.25, 0.3) is 0 Å². The van der Waals surface area contributed by atoms with Gasteiger partial charge in [0.2, 0.25) is 0 Å². The van der Waals surface area contributed by atoms with Crippen molar-refractivity contribution in [3.8, 4) is 11.5 Å². The van der Waals surface area contributed by atoms with Crippen LogP contribution >= 0.6 is 0 Å². The number of aromatic hydroxyl groups is 1. The maximum Gasteiger partial charge on any atom is 0.387 e. The molecule has 0 aliphatic carbocycles. The van der Waals surface area contributed by atoms with Gasteiger partial charge < -0.3 is 20.5 Å². The number of hydrogen-bond acceptors (Lipinski definition) is 6. The lowest BCUT2D eigenvalue weighted by Gasteiger charge is -2.24. The molecule has 0 bridgehead atoms. The predicted octanol–water partition coefficient (Wildman–Crippen LogP) is 2.43. The predicted molar refractivity (Wildman–Crippen MR) is 91.2 cm³/mol. The number of anilines is 1. The second-order valence-electron chi connectivity index (χ2n) is 5.87. The average molecular weight is 379 g/mol. The first kappa shape index (κ1) is 18.5. The molecule has 2 aromatic rings. The fourth-order valence-corrected chi connectivity index (χ4v) is 3.12. The molecule has 0 aromatic heterocycles. The number of para-hydroxylation sites is 1. The summed E-state index contributed by atoms with van der Waals surface area (Å²) < 4.78 is 28.9. The number of rotatable bonds is 5. The maximum absolute atomic E-state index is 13.1. The van der Waals surface area contributed by atoms with Crippen LogP contribution in [0.3, 0.4) is 0 Å². The number of phenols is 1. The number of halogens is 2. The molecule has 2 aromatic carbocycles. The number of hydrogen-bond donors (Lipinski definition) is 2. The first-order chi connectivity index (χ1) is 12.8. The fourth-order valence-electron chi connectivity index (χ4n) is 3.12. The van der Waals surface area contributed by atoms with Gasteiger partial charge in [0, 0.05) is 18.3 Å². The van der Waals surface area contributed by atoms with Crippen LogP contribution in [0.1, 0.15) is 15.9 Å². The molecule has 1 amide bonds. The molecule has 3 rings (SSSR count). The summed E-state index contributed by atoms with van der Waals surface area (Å²) in [6.07, 6.45) is 0.477. The summed E-state index contributed by atoms with van der Waals surface area (Å²) in [5.74, 6) is -2.35. The van der Waals surface area contributed by atoms with E-state index in [-0.39, 0.29) is 6.54 Å². The molecular formula is C17H15F2N3O5. The standard InChI is InChI=1S/C17H15F2N3O5/c18-17(19)27-15-7-13(22(25)26)11(6-14(15)23)16(24)21-10(8-20)5-9-3-1-2-4-12(9)21/h1-4,6-7,10,17,23H,5,8,20H2. The molecule has 8 nitrogen and oxygen atoms in total. The average Bonchev–Trinajstić information content (AvgIpc) is 3.00. The van der Waals surface area contributed by atoms with Crippen LogP contribution in [0.2, 0.25) is 0 Å². The van der Waals surface area contributed by atoms with Gasteiger partial charge in [-0.3, -0.25) is 14.9 Å². The number of phenolic OH excluding ortho intramolecular Hbond substituents is 1. The number of nitro benzene ring substituents is 1. The number of benzene rings is 2. The van der Waals surface area contributed by atoms with Crippen LogP contribution in [0, 0.1) is 10.1 Å². The second kappa shape index (κ2) is 7.16. The summed E-state index contributed by atoms with van der Waals surface area (Å²) in [6.45, 7) is -3.17. The Morgan fingerprint density at radius 2 is 2.11 bits per heavy atom. The van der Waals surface area contributed by atoms with Crippen molar-refractivity contribution in [1.82, 2.24) is 0 Å². The number of alkyl halides is 2. The van der Waals surface area contributed by atoms with Crippen LogP contribution < -0.4 is 15.4 Å². The molecule has 1 heterocycles. The minimum atomic E-state index is -3.29. The van der Waals surface area contributed by atoms with Crippen LogP contribution in [0.4, 0.5) is 20.2 Å². The third-order valence-corrected chi connectivity index (χ3v) is 4.28. The Labute approximate surface area is 151 Å². The van der Waals surface area contributed by atoms with Gasteiger partial charge in [-0.15, -0.1) is 0 Å². The number of fused-ring (bicyclic) bond motifs is 1. The molecule has 10 heteroatoms. The molecule has 0 saturated carbocycles. The number of carbonyl (C=O) groups is 1. The number of nitro groups is 1. The highest BCUT2D eigenvalue weighted by atomic mass is 19.3. The Morgan fingerprint density at radius 1 is 1.41 bits per heavy atom. The van der Waals surface area contributed by atoms with Gasteiger partial charge in [0.25, 0.3) is 11.6 Å². The number of carbonyl (C=O) groups excluding carboxylic acids is 1. The van der Waals surface area contributed by atoms with E-state index in [1.165, 1.54) is 4.90 Å². The minimum Gasteiger partial charge on any atom is -0.504 e. The van der Waals surface area contributed by atoms with E-state index < -0.39 is 46.2 Å². The molecule has 3 N–H and O–H groups in total. The van der Waals surface area contributed by atoms with Crippen molar-refractivity contribution < 1.29 is 28.3 Å². The smallest absolute Gasteiger partial charge is 0.387 e. The van der Waals surface area contributed by atoms with Gasteiger partial charge in [-0.25, -0.2) is 0 Å². The Bertz CT molecular complexity index is 906. The number of ether oxygens (including phenoxy) is 1. The van der Waals surface area contributed by atoms with Crippen LogP contribution in [0.5, 0.6) is 11.5 Å². The lowest BCUT2D eigenvalue weighted by molar-refractivity contribution is -0.385. The quantitative estimate of drug-likeness (QED) is 0.608. The molecule has 142 valence electrons. The van der Waals surface area contributed by atoms with Gasteiger partial charge in [-0.1, -0.05) is 18.2 Å². The Balaban J connectivity index is 2.08. The normalized spacial score (nSPS) is 15.7. The zero-order valence-corrected chi connectivity index (χ0v) is 13.8. The molecule has 1 aliphatic heterocycles. The summed E-state index contributed by atoms with van der Waals surface area (Å²) in [7, 11) is 0. The highest BCUT2D eigenvalue weighted by molar-refractivity contribution is 6.10. The fraction of sp³-hybridized carbons (Fsp3) is 0.235. The monoisotopic (exact) mass is 379 g/mol.